The summed E-state index contributed by atoms with van der Waals surface area (Å²) in [5, 5.41) is 4.83. The number of hydrogen-bond acceptors (Lipinski definition) is 5. The number of benzene rings is 2. The lowest BCUT2D eigenvalue weighted by Gasteiger charge is -2.39. The predicted octanol–water partition coefficient (Wildman–Crippen LogP) is 3.80. The summed E-state index contributed by atoms with van der Waals surface area (Å²) >= 11 is 6.39. The van der Waals surface area contributed by atoms with Gasteiger partial charge in [0.25, 0.3) is 5.91 Å². The van der Waals surface area contributed by atoms with E-state index in [-0.39, 0.29) is 11.9 Å². The molecule has 1 amide bonds. The van der Waals surface area contributed by atoms with Crippen molar-refractivity contribution >= 4 is 40.0 Å². The summed E-state index contributed by atoms with van der Waals surface area (Å²) in [7, 11) is 0. The third kappa shape index (κ3) is 3.33. The number of nitrogen functional groups attached to an aromatic ring is 1. The number of fused-ring (bicyclic) bond motifs is 1. The first kappa shape index (κ1) is 18.4. The molecule has 0 saturated carbocycles. The number of halogens is 1. The van der Waals surface area contributed by atoms with Crippen molar-refractivity contribution < 1.29 is 4.79 Å². The van der Waals surface area contributed by atoms with Gasteiger partial charge in [-0.15, -0.1) is 0 Å². The van der Waals surface area contributed by atoms with Gasteiger partial charge >= 0.3 is 0 Å². The molecule has 3 heterocycles. The van der Waals surface area contributed by atoms with Gasteiger partial charge in [0.1, 0.15) is 0 Å². The maximum absolute atomic E-state index is 12.5. The highest BCUT2D eigenvalue weighted by molar-refractivity contribution is 6.33. The lowest BCUT2D eigenvalue weighted by atomic mass is 10.1. The number of nitrogens with zero attached hydrogens (tertiary/aromatic N) is 3. The molecule has 2 aromatic carbocycles. The quantitative estimate of drug-likeness (QED) is 0.438. The van der Waals surface area contributed by atoms with Crippen LogP contribution in [0.5, 0.6) is 0 Å². The molecular weight excluding hydrogens is 400 g/mol. The van der Waals surface area contributed by atoms with E-state index in [1.807, 2.05) is 30.5 Å². The first-order chi connectivity index (χ1) is 14.6. The number of rotatable bonds is 4. The Morgan fingerprint density at radius 2 is 1.93 bits per heavy atom. The lowest BCUT2D eigenvalue weighted by Crippen LogP contribution is -2.57. The molecule has 1 fully saturated rings. The van der Waals surface area contributed by atoms with Crippen molar-refractivity contribution in [2.24, 2.45) is 0 Å². The van der Waals surface area contributed by atoms with Crippen LogP contribution in [0, 0.1) is 0 Å². The molecule has 0 bridgehead atoms. The number of amides is 1. The molecule has 0 aliphatic carbocycles. The Balaban J connectivity index is 1.29. The Kier molecular flexibility index (Phi) is 4.52. The highest BCUT2D eigenvalue weighted by atomic mass is 35.5. The molecule has 150 valence electrons. The number of nitrogens with one attached hydrogen (secondary N) is 2. The number of H-pyrrole nitrogens is 1. The summed E-state index contributed by atoms with van der Waals surface area (Å²) < 4.78 is 0. The van der Waals surface area contributed by atoms with E-state index in [4.69, 9.17) is 17.3 Å². The zero-order valence-corrected chi connectivity index (χ0v) is 16.7. The van der Waals surface area contributed by atoms with Gasteiger partial charge in [-0.05, 0) is 30.3 Å². The lowest BCUT2D eigenvalue weighted by molar-refractivity contribution is 0.0624. The van der Waals surface area contributed by atoms with Crippen LogP contribution >= 0.6 is 11.6 Å². The van der Waals surface area contributed by atoms with E-state index >= 15 is 0 Å². The van der Waals surface area contributed by atoms with Gasteiger partial charge in [-0.2, -0.15) is 0 Å². The molecule has 4 N–H and O–H groups in total. The second-order valence-electron chi connectivity index (χ2n) is 7.31. The Bertz CT molecular complexity index is 1230. The third-order valence-electron chi connectivity index (χ3n) is 5.25. The van der Waals surface area contributed by atoms with Crippen LogP contribution in [0.4, 0.5) is 11.6 Å². The molecule has 1 saturated heterocycles. The third-order valence-corrected chi connectivity index (χ3v) is 5.52. The van der Waals surface area contributed by atoms with Crippen molar-refractivity contribution in [3.63, 3.8) is 0 Å². The number of para-hydroxylation sites is 1. The maximum atomic E-state index is 12.5. The summed E-state index contributed by atoms with van der Waals surface area (Å²) in [6.07, 6.45) is 3.50. The first-order valence-corrected chi connectivity index (χ1v) is 9.96. The van der Waals surface area contributed by atoms with Crippen LogP contribution in [0.15, 0.2) is 60.9 Å². The minimum atomic E-state index is -0.00967. The summed E-state index contributed by atoms with van der Waals surface area (Å²) in [5.74, 6) is 0.480. The van der Waals surface area contributed by atoms with Crippen LogP contribution < -0.4 is 11.1 Å². The van der Waals surface area contributed by atoms with E-state index in [1.54, 1.807) is 35.4 Å². The van der Waals surface area contributed by atoms with Crippen molar-refractivity contribution in [1.29, 1.82) is 0 Å². The van der Waals surface area contributed by atoms with Gasteiger partial charge in [0.05, 0.1) is 23.0 Å². The van der Waals surface area contributed by atoms with E-state index in [0.717, 1.165) is 16.5 Å². The molecule has 30 heavy (non-hydrogen) atoms. The zero-order chi connectivity index (χ0) is 20.7. The topological polar surface area (TPSA) is 99.9 Å². The second kappa shape index (κ2) is 7.35. The fourth-order valence-corrected chi connectivity index (χ4v) is 3.81. The normalized spacial score (nSPS) is 14.0. The molecule has 0 radical (unpaired) electrons. The van der Waals surface area contributed by atoms with E-state index in [0.29, 0.717) is 41.0 Å². The smallest absolute Gasteiger partial charge is 0.253 e. The Morgan fingerprint density at radius 3 is 2.73 bits per heavy atom. The number of likely N-dealkylation sites (tertiary alicyclic amines) is 1. The van der Waals surface area contributed by atoms with E-state index < -0.39 is 0 Å². The second-order valence-corrected chi connectivity index (χ2v) is 7.72. The predicted molar refractivity (Wildman–Crippen MR) is 119 cm³/mol. The first-order valence-electron chi connectivity index (χ1n) is 9.59. The van der Waals surface area contributed by atoms with Crippen molar-refractivity contribution in [2.45, 2.75) is 6.04 Å². The van der Waals surface area contributed by atoms with Gasteiger partial charge in [-0.1, -0.05) is 29.8 Å². The number of aromatic nitrogens is 3. The van der Waals surface area contributed by atoms with Crippen LogP contribution in [-0.2, 0) is 0 Å². The molecular formula is C22H19ClN6O. The summed E-state index contributed by atoms with van der Waals surface area (Å²) in [6.45, 7) is 1.16. The monoisotopic (exact) mass is 418 g/mol. The largest absolute Gasteiger partial charge is 0.399 e. The van der Waals surface area contributed by atoms with Crippen molar-refractivity contribution in [2.75, 3.05) is 24.1 Å². The fraction of sp³-hybridized carbons (Fsp3) is 0.136. The number of hydrogen-bond donors (Lipinski definition) is 3. The minimum Gasteiger partial charge on any atom is -0.399 e. The van der Waals surface area contributed by atoms with Gasteiger partial charge in [0.15, 0.2) is 0 Å². The number of aromatic amines is 1. The van der Waals surface area contributed by atoms with Crippen molar-refractivity contribution in [3.8, 4) is 11.3 Å². The molecule has 8 heteroatoms. The van der Waals surface area contributed by atoms with Gasteiger partial charge in [0.2, 0.25) is 5.95 Å². The Morgan fingerprint density at radius 1 is 1.17 bits per heavy atom. The molecule has 0 unspecified atom stereocenters. The average Bonchev–Trinajstić information content (AvgIpc) is 3.15. The van der Waals surface area contributed by atoms with Gasteiger partial charge in [-0.25, -0.2) is 9.97 Å². The number of carbonyl (C=O) groups excluding carboxylic acids is 1. The van der Waals surface area contributed by atoms with Crippen LogP contribution in [0.2, 0.25) is 5.02 Å². The molecule has 5 rings (SSSR count). The average molecular weight is 419 g/mol. The molecule has 1 aliphatic rings. The fourth-order valence-electron chi connectivity index (χ4n) is 3.62. The van der Waals surface area contributed by atoms with Gasteiger partial charge in [0, 0.05) is 47.0 Å². The van der Waals surface area contributed by atoms with E-state index in [2.05, 4.69) is 20.3 Å². The minimum absolute atomic E-state index is 0.00967. The highest BCUT2D eigenvalue weighted by Gasteiger charge is 2.31. The Labute approximate surface area is 177 Å². The maximum Gasteiger partial charge on any atom is 0.253 e. The SMILES string of the molecule is Nc1ccc(C(=O)N2CC(Nc3ncc(Cl)c(-c4c[nH]c5ccccc45)n3)C2)cc1. The summed E-state index contributed by atoms with van der Waals surface area (Å²) in [6, 6.07) is 15.0. The van der Waals surface area contributed by atoms with Crippen LogP contribution in [-0.4, -0.2) is 44.9 Å². The van der Waals surface area contributed by atoms with Gasteiger partial charge in [-0.3, -0.25) is 4.79 Å². The van der Waals surface area contributed by atoms with Gasteiger partial charge < -0.3 is 20.9 Å². The highest BCUT2D eigenvalue weighted by Crippen LogP contribution is 2.32. The van der Waals surface area contributed by atoms with Crippen LogP contribution in [0.25, 0.3) is 22.2 Å². The van der Waals surface area contributed by atoms with Crippen LogP contribution in [0.3, 0.4) is 0 Å². The molecule has 7 nitrogen and oxygen atoms in total. The number of nitrogens with two attached hydrogens (primary N) is 1. The summed E-state index contributed by atoms with van der Waals surface area (Å²) in [5.41, 5.74) is 9.57. The summed E-state index contributed by atoms with van der Waals surface area (Å²) in [4.78, 5) is 26.5. The van der Waals surface area contributed by atoms with E-state index in [9.17, 15) is 4.79 Å². The zero-order valence-electron chi connectivity index (χ0n) is 16.0. The molecule has 1 aliphatic heterocycles. The molecule has 0 spiro atoms. The molecule has 2 aromatic heterocycles. The standard InChI is InChI=1S/C22H19ClN6O/c23-18-10-26-22(28-20(18)17-9-25-19-4-2-1-3-16(17)19)27-15-11-29(12-15)21(30)13-5-7-14(24)8-6-13/h1-10,15,25H,11-12,24H2,(H,26,27,28). The van der Waals surface area contributed by atoms with E-state index in [1.165, 1.54) is 0 Å². The number of carbonyl (C=O) groups is 1. The van der Waals surface area contributed by atoms with Crippen LogP contribution in [0.1, 0.15) is 10.4 Å². The Hall–Kier alpha value is -3.58. The van der Waals surface area contributed by atoms with Crippen molar-refractivity contribution in [1.82, 2.24) is 19.9 Å². The number of anilines is 2. The molecule has 4 aromatic rings. The molecule has 0 atom stereocenters. The van der Waals surface area contributed by atoms with Crippen molar-refractivity contribution in [3.05, 3.63) is 71.5 Å².